The Hall–Kier alpha value is -1.64. The second-order valence-corrected chi connectivity index (χ2v) is 2.57. The third kappa shape index (κ3) is 1.93. The summed E-state index contributed by atoms with van der Waals surface area (Å²) in [6.07, 6.45) is 1.90. The average Bonchev–Trinajstić information content (AvgIpc) is 2.04. The second-order valence-electron chi connectivity index (χ2n) is 2.57. The van der Waals surface area contributed by atoms with E-state index in [1.54, 1.807) is 12.1 Å². The Morgan fingerprint density at radius 2 is 2.31 bits per heavy atom. The van der Waals surface area contributed by atoms with Gasteiger partial charge in [0.05, 0.1) is 5.56 Å². The molecule has 0 aromatic heterocycles. The van der Waals surface area contributed by atoms with E-state index in [1.807, 2.05) is 0 Å². The maximum Gasteiger partial charge on any atom is 0.338 e. The van der Waals surface area contributed by atoms with Crippen LogP contribution < -0.4 is 0 Å². The van der Waals surface area contributed by atoms with Crippen molar-refractivity contribution in [3.8, 4) is 0 Å². The van der Waals surface area contributed by atoms with Crippen molar-refractivity contribution in [1.29, 1.82) is 0 Å². The molecule has 0 saturated carbocycles. The Morgan fingerprint density at radius 3 is 2.85 bits per heavy atom. The number of benzene rings is 1. The summed E-state index contributed by atoms with van der Waals surface area (Å²) >= 11 is 0. The third-order valence-electron chi connectivity index (χ3n) is 1.68. The minimum absolute atomic E-state index is 0.262. The van der Waals surface area contributed by atoms with Crippen LogP contribution in [0.15, 0.2) is 30.9 Å². The predicted molar refractivity (Wildman–Crippen MR) is 47.3 cm³/mol. The van der Waals surface area contributed by atoms with Crippen molar-refractivity contribution < 1.29 is 14.3 Å². The molecule has 0 fully saturated rings. The maximum atomic E-state index is 13.0. The van der Waals surface area contributed by atoms with E-state index in [0.717, 1.165) is 6.07 Å². The molecule has 1 N–H and O–H groups in total. The number of hydrogen-bond donors (Lipinski definition) is 1. The van der Waals surface area contributed by atoms with Crippen molar-refractivity contribution in [3.63, 3.8) is 0 Å². The van der Waals surface area contributed by atoms with Crippen molar-refractivity contribution in [2.45, 2.75) is 6.42 Å². The molecule has 1 rings (SSSR count). The van der Waals surface area contributed by atoms with Gasteiger partial charge in [-0.05, 0) is 18.1 Å². The Bertz CT molecular complexity index is 345. The van der Waals surface area contributed by atoms with Gasteiger partial charge in [-0.2, -0.15) is 0 Å². The summed E-state index contributed by atoms with van der Waals surface area (Å²) in [6.45, 7) is 3.47. The van der Waals surface area contributed by atoms with Gasteiger partial charge in [-0.1, -0.05) is 18.2 Å². The van der Waals surface area contributed by atoms with Gasteiger partial charge < -0.3 is 5.11 Å². The number of rotatable bonds is 3. The highest BCUT2D eigenvalue weighted by Gasteiger charge is 2.13. The number of halogens is 1. The number of carboxylic acids is 1. The van der Waals surface area contributed by atoms with E-state index in [9.17, 15) is 9.18 Å². The summed E-state index contributed by atoms with van der Waals surface area (Å²) in [5.41, 5.74) is 0.185. The molecule has 0 heterocycles. The molecule has 1 aromatic rings. The highest BCUT2D eigenvalue weighted by Crippen LogP contribution is 2.14. The zero-order valence-corrected chi connectivity index (χ0v) is 6.96. The number of allylic oxidation sites excluding steroid dienone is 1. The van der Waals surface area contributed by atoms with E-state index in [2.05, 4.69) is 6.58 Å². The minimum atomic E-state index is -1.24. The normalized spacial score (nSPS) is 9.62. The van der Waals surface area contributed by atoms with Crippen molar-refractivity contribution in [3.05, 3.63) is 47.8 Å². The van der Waals surface area contributed by atoms with Crippen molar-refractivity contribution in [2.75, 3.05) is 0 Å². The van der Waals surface area contributed by atoms with Crippen LogP contribution in [0.5, 0.6) is 0 Å². The summed E-state index contributed by atoms with van der Waals surface area (Å²) in [7, 11) is 0. The highest BCUT2D eigenvalue weighted by atomic mass is 19.1. The lowest BCUT2D eigenvalue weighted by atomic mass is 10.0. The van der Waals surface area contributed by atoms with Crippen LogP contribution in [0, 0.1) is 5.82 Å². The Balaban J connectivity index is 3.25. The lowest BCUT2D eigenvalue weighted by Gasteiger charge is -2.03. The topological polar surface area (TPSA) is 37.3 Å². The van der Waals surface area contributed by atoms with Crippen LogP contribution in [-0.4, -0.2) is 11.1 Å². The Labute approximate surface area is 75.3 Å². The van der Waals surface area contributed by atoms with Gasteiger partial charge in [0.25, 0.3) is 0 Å². The standard InChI is InChI=1S/C10H9FO2/c1-2-4-7-5-3-6-8(11)9(7)10(12)13/h2-3,5-6H,1,4H2,(H,12,13). The Morgan fingerprint density at radius 1 is 1.62 bits per heavy atom. The predicted octanol–water partition coefficient (Wildman–Crippen LogP) is 2.25. The molecule has 0 aliphatic rings. The molecule has 0 amide bonds. The van der Waals surface area contributed by atoms with Crippen LogP contribution in [0.3, 0.4) is 0 Å². The first-order valence-corrected chi connectivity index (χ1v) is 3.78. The fraction of sp³-hybridized carbons (Fsp3) is 0.100. The van der Waals surface area contributed by atoms with E-state index in [0.29, 0.717) is 12.0 Å². The van der Waals surface area contributed by atoms with Crippen LogP contribution >= 0.6 is 0 Å². The molecule has 0 radical (unpaired) electrons. The molecule has 13 heavy (non-hydrogen) atoms. The molecular weight excluding hydrogens is 171 g/mol. The summed E-state index contributed by atoms with van der Waals surface area (Å²) in [4.78, 5) is 10.6. The zero-order chi connectivity index (χ0) is 9.84. The van der Waals surface area contributed by atoms with Crippen molar-refractivity contribution in [2.24, 2.45) is 0 Å². The van der Waals surface area contributed by atoms with Gasteiger partial charge in [0.1, 0.15) is 5.82 Å². The van der Waals surface area contributed by atoms with E-state index >= 15 is 0 Å². The quantitative estimate of drug-likeness (QED) is 0.724. The highest BCUT2D eigenvalue weighted by molar-refractivity contribution is 5.89. The lowest BCUT2D eigenvalue weighted by Crippen LogP contribution is -2.05. The molecule has 0 aliphatic carbocycles. The summed E-state index contributed by atoms with van der Waals surface area (Å²) < 4.78 is 13.0. The number of carboxylic acid groups (broad SMARTS) is 1. The summed E-state index contributed by atoms with van der Waals surface area (Å²) in [6, 6.07) is 4.20. The second kappa shape index (κ2) is 3.85. The molecule has 0 aliphatic heterocycles. The zero-order valence-electron chi connectivity index (χ0n) is 6.96. The first-order valence-electron chi connectivity index (χ1n) is 3.78. The lowest BCUT2D eigenvalue weighted by molar-refractivity contribution is 0.0691. The van der Waals surface area contributed by atoms with E-state index in [1.165, 1.54) is 6.07 Å². The van der Waals surface area contributed by atoms with Gasteiger partial charge in [0.15, 0.2) is 0 Å². The van der Waals surface area contributed by atoms with E-state index < -0.39 is 11.8 Å². The average molecular weight is 180 g/mol. The molecule has 0 unspecified atom stereocenters. The smallest absolute Gasteiger partial charge is 0.338 e. The third-order valence-corrected chi connectivity index (χ3v) is 1.68. The molecule has 3 heteroatoms. The molecule has 0 bridgehead atoms. The van der Waals surface area contributed by atoms with Gasteiger partial charge in [0.2, 0.25) is 0 Å². The van der Waals surface area contributed by atoms with Crippen molar-refractivity contribution in [1.82, 2.24) is 0 Å². The molecular formula is C10H9FO2. The number of aromatic carboxylic acids is 1. The van der Waals surface area contributed by atoms with Crippen LogP contribution in [0.4, 0.5) is 4.39 Å². The summed E-state index contributed by atoms with van der Waals surface area (Å²) in [5.74, 6) is -1.94. The van der Waals surface area contributed by atoms with Crippen LogP contribution in [0.1, 0.15) is 15.9 Å². The summed E-state index contributed by atoms with van der Waals surface area (Å²) in [5, 5.41) is 8.70. The Kier molecular flexibility index (Phi) is 2.80. The molecule has 0 spiro atoms. The maximum absolute atomic E-state index is 13.0. The van der Waals surface area contributed by atoms with Gasteiger partial charge >= 0.3 is 5.97 Å². The van der Waals surface area contributed by atoms with Gasteiger partial charge in [-0.3, -0.25) is 0 Å². The largest absolute Gasteiger partial charge is 0.478 e. The molecule has 1 aromatic carbocycles. The first-order chi connectivity index (χ1) is 6.16. The number of carbonyl (C=O) groups is 1. The fourth-order valence-corrected chi connectivity index (χ4v) is 1.13. The van der Waals surface area contributed by atoms with Crippen molar-refractivity contribution >= 4 is 5.97 Å². The van der Waals surface area contributed by atoms with E-state index in [-0.39, 0.29) is 5.56 Å². The van der Waals surface area contributed by atoms with Crippen LogP contribution in [0.25, 0.3) is 0 Å². The number of hydrogen-bond acceptors (Lipinski definition) is 1. The monoisotopic (exact) mass is 180 g/mol. The molecule has 0 saturated heterocycles. The minimum Gasteiger partial charge on any atom is -0.478 e. The SMILES string of the molecule is C=CCc1cccc(F)c1C(=O)O. The van der Waals surface area contributed by atoms with Gasteiger partial charge in [-0.25, -0.2) is 9.18 Å². The van der Waals surface area contributed by atoms with Gasteiger partial charge in [0, 0.05) is 0 Å². The van der Waals surface area contributed by atoms with Crippen LogP contribution in [-0.2, 0) is 6.42 Å². The van der Waals surface area contributed by atoms with Crippen LogP contribution in [0.2, 0.25) is 0 Å². The molecule has 2 nitrogen and oxygen atoms in total. The molecule has 0 atom stereocenters. The molecule has 68 valence electrons. The first kappa shape index (κ1) is 9.45. The van der Waals surface area contributed by atoms with E-state index in [4.69, 9.17) is 5.11 Å². The van der Waals surface area contributed by atoms with Gasteiger partial charge in [-0.15, -0.1) is 6.58 Å². The fourth-order valence-electron chi connectivity index (χ4n) is 1.13.